The highest BCUT2D eigenvalue weighted by Crippen LogP contribution is 2.37. The number of ether oxygens (including phenoxy) is 3. The Hall–Kier alpha value is -4.98. The third kappa shape index (κ3) is 6.17. The topological polar surface area (TPSA) is 142 Å². The molecule has 3 heterocycles. The van der Waals surface area contributed by atoms with E-state index in [-0.39, 0.29) is 29.8 Å². The number of hydrogen-bond donors (Lipinski definition) is 1. The quantitative estimate of drug-likeness (QED) is 0.266. The molecule has 5 aromatic rings. The fourth-order valence-corrected chi connectivity index (χ4v) is 4.94. The van der Waals surface area contributed by atoms with Gasteiger partial charge in [0.2, 0.25) is 11.7 Å². The van der Waals surface area contributed by atoms with E-state index in [9.17, 15) is 14.0 Å². The number of carbonyl (C=O) groups is 2. The lowest BCUT2D eigenvalue weighted by molar-refractivity contribution is 0.0816. The number of anilines is 1. The summed E-state index contributed by atoms with van der Waals surface area (Å²) < 4.78 is 31.8. The molecule has 0 aliphatic carbocycles. The molecule has 0 radical (unpaired) electrons. The number of methoxy groups -OCH3 is 1. The molecule has 14 heteroatoms. The molecule has 0 bridgehead atoms. The van der Waals surface area contributed by atoms with Crippen molar-refractivity contribution < 1.29 is 28.2 Å². The number of nitrogens with zero attached hydrogens (tertiary/aromatic N) is 6. The standard InChI is InChI=1S/C28H26FN7O5S/c1-14-6-17(24-20(7-14)34-23(39-5)12-30-24)26-35-19-8-18(29)21(9-22(19)42-26)41-15(2)13-40-28(38)33-16-10-31-25(32-11-16)27(37)36(3)4/h6-12,15H,13H2,1-5H3,(H,33,38)/t15-/m0/s1. The summed E-state index contributed by atoms with van der Waals surface area (Å²) in [5, 5.41) is 3.13. The van der Waals surface area contributed by atoms with Gasteiger partial charge in [0.15, 0.2) is 11.6 Å². The normalized spacial score (nSPS) is 11.8. The molecule has 0 fully saturated rings. The number of benzene rings is 2. The Labute approximate surface area is 243 Å². The second kappa shape index (κ2) is 11.9. The number of halogens is 1. The van der Waals surface area contributed by atoms with Crippen LogP contribution < -0.4 is 14.8 Å². The van der Waals surface area contributed by atoms with E-state index >= 15 is 0 Å². The average molecular weight is 592 g/mol. The second-order valence-corrected chi connectivity index (χ2v) is 10.5. The first-order chi connectivity index (χ1) is 20.1. The molecule has 3 aromatic heterocycles. The molecule has 2 aromatic carbocycles. The van der Waals surface area contributed by atoms with Crippen LogP contribution in [0.25, 0.3) is 31.8 Å². The minimum absolute atomic E-state index is 0.00221. The molecule has 0 aliphatic heterocycles. The Bertz CT molecular complexity index is 1800. The smallest absolute Gasteiger partial charge is 0.411 e. The predicted molar refractivity (Wildman–Crippen MR) is 155 cm³/mol. The Morgan fingerprint density at radius 2 is 1.81 bits per heavy atom. The van der Waals surface area contributed by atoms with Gasteiger partial charge in [0, 0.05) is 31.8 Å². The molecule has 0 saturated carbocycles. The first-order valence-corrected chi connectivity index (χ1v) is 13.5. The zero-order valence-electron chi connectivity index (χ0n) is 23.3. The summed E-state index contributed by atoms with van der Waals surface area (Å²) in [4.78, 5) is 46.9. The van der Waals surface area contributed by atoms with E-state index in [0.717, 1.165) is 11.1 Å². The molecule has 5 rings (SSSR count). The zero-order valence-corrected chi connectivity index (χ0v) is 24.2. The number of hydrogen-bond acceptors (Lipinski definition) is 11. The molecule has 1 N–H and O–H groups in total. The van der Waals surface area contributed by atoms with Crippen LogP contribution in [0.1, 0.15) is 23.1 Å². The molecular weight excluding hydrogens is 565 g/mol. The van der Waals surface area contributed by atoms with Crippen LogP contribution >= 0.6 is 11.3 Å². The van der Waals surface area contributed by atoms with Crippen molar-refractivity contribution in [1.29, 1.82) is 0 Å². The third-order valence-electron chi connectivity index (χ3n) is 5.92. The number of thiazole rings is 1. The van der Waals surface area contributed by atoms with Gasteiger partial charge in [-0.1, -0.05) is 0 Å². The van der Waals surface area contributed by atoms with Crippen LogP contribution in [0.5, 0.6) is 11.6 Å². The maximum Gasteiger partial charge on any atom is 0.411 e. The largest absolute Gasteiger partial charge is 0.484 e. The van der Waals surface area contributed by atoms with E-state index in [2.05, 4.69) is 30.2 Å². The summed E-state index contributed by atoms with van der Waals surface area (Å²) in [6.45, 7) is 3.43. The predicted octanol–water partition coefficient (Wildman–Crippen LogP) is 4.87. The van der Waals surface area contributed by atoms with Crippen molar-refractivity contribution >= 4 is 50.3 Å². The molecular formula is C28H26FN7O5S. The summed E-state index contributed by atoms with van der Waals surface area (Å²) in [5.74, 6) is -0.561. The van der Waals surface area contributed by atoms with Gasteiger partial charge < -0.3 is 19.1 Å². The van der Waals surface area contributed by atoms with Crippen LogP contribution in [0.4, 0.5) is 14.9 Å². The van der Waals surface area contributed by atoms with Gasteiger partial charge in [0.05, 0.1) is 52.6 Å². The maximum atomic E-state index is 15.0. The fraction of sp³-hybridized carbons (Fsp3) is 0.250. The summed E-state index contributed by atoms with van der Waals surface area (Å²) in [5.41, 5.74) is 3.79. The van der Waals surface area contributed by atoms with Crippen molar-refractivity contribution in [2.45, 2.75) is 20.0 Å². The molecule has 1 atom stereocenters. The van der Waals surface area contributed by atoms with E-state index < -0.39 is 18.0 Å². The molecule has 12 nitrogen and oxygen atoms in total. The third-order valence-corrected chi connectivity index (χ3v) is 6.97. The Morgan fingerprint density at radius 1 is 1.05 bits per heavy atom. The molecule has 216 valence electrons. The van der Waals surface area contributed by atoms with Gasteiger partial charge in [-0.2, -0.15) is 0 Å². The first kappa shape index (κ1) is 28.5. The van der Waals surface area contributed by atoms with Crippen LogP contribution in [0.15, 0.2) is 42.9 Å². The number of rotatable bonds is 8. The summed E-state index contributed by atoms with van der Waals surface area (Å²) >= 11 is 1.37. The van der Waals surface area contributed by atoms with Crippen molar-refractivity contribution in [3.63, 3.8) is 0 Å². The Balaban J connectivity index is 1.25. The highest BCUT2D eigenvalue weighted by Gasteiger charge is 2.18. The van der Waals surface area contributed by atoms with Gasteiger partial charge in [-0.15, -0.1) is 11.3 Å². The van der Waals surface area contributed by atoms with Crippen LogP contribution in [-0.4, -0.2) is 75.7 Å². The monoisotopic (exact) mass is 591 g/mol. The first-order valence-electron chi connectivity index (χ1n) is 12.7. The number of aromatic nitrogens is 5. The number of carbonyl (C=O) groups excluding carboxylic acids is 2. The van der Waals surface area contributed by atoms with Gasteiger partial charge in [-0.3, -0.25) is 10.1 Å². The second-order valence-electron chi connectivity index (χ2n) is 9.51. The van der Waals surface area contributed by atoms with Crippen LogP contribution in [0, 0.1) is 12.7 Å². The van der Waals surface area contributed by atoms with Gasteiger partial charge in [-0.25, -0.2) is 34.1 Å². The molecule has 2 amide bonds. The number of nitrogens with one attached hydrogen (secondary N) is 1. The van der Waals surface area contributed by atoms with Gasteiger partial charge in [0.1, 0.15) is 17.7 Å². The summed E-state index contributed by atoms with van der Waals surface area (Å²) in [6, 6.07) is 6.75. The SMILES string of the molecule is COc1cnc2c(-c3nc4cc(F)c(O[C@@H](C)COC(=O)Nc5cnc(C(=O)N(C)C)nc5)cc4s3)cc(C)cc2n1. The summed E-state index contributed by atoms with van der Waals surface area (Å²) in [6.07, 6.45) is 2.68. The number of fused-ring (bicyclic) bond motifs is 2. The highest BCUT2D eigenvalue weighted by atomic mass is 32.1. The lowest BCUT2D eigenvalue weighted by atomic mass is 10.1. The minimum Gasteiger partial charge on any atom is -0.484 e. The number of aryl methyl sites for hydroxylation is 1. The summed E-state index contributed by atoms with van der Waals surface area (Å²) in [7, 11) is 4.69. The molecule has 0 spiro atoms. The van der Waals surface area contributed by atoms with E-state index in [0.29, 0.717) is 32.1 Å². The maximum absolute atomic E-state index is 15.0. The zero-order chi connectivity index (χ0) is 30.0. The molecule has 42 heavy (non-hydrogen) atoms. The van der Waals surface area contributed by atoms with Crippen LogP contribution in [-0.2, 0) is 4.74 Å². The van der Waals surface area contributed by atoms with Crippen molar-refractivity contribution in [2.75, 3.05) is 33.1 Å². The average Bonchev–Trinajstić information content (AvgIpc) is 3.37. The fourth-order valence-electron chi connectivity index (χ4n) is 3.95. The van der Waals surface area contributed by atoms with Crippen molar-refractivity contribution in [1.82, 2.24) is 29.8 Å². The minimum atomic E-state index is -0.783. The number of amides is 2. The molecule has 0 aliphatic rings. The van der Waals surface area contributed by atoms with Crippen molar-refractivity contribution in [3.8, 4) is 22.2 Å². The van der Waals surface area contributed by atoms with Crippen molar-refractivity contribution in [3.05, 3.63) is 60.1 Å². The van der Waals surface area contributed by atoms with E-state index in [1.807, 2.05) is 19.1 Å². The van der Waals surface area contributed by atoms with E-state index in [4.69, 9.17) is 14.2 Å². The van der Waals surface area contributed by atoms with Gasteiger partial charge in [0.25, 0.3) is 5.91 Å². The molecule has 0 unspecified atom stereocenters. The van der Waals surface area contributed by atoms with Gasteiger partial charge in [-0.05, 0) is 31.5 Å². The Morgan fingerprint density at radius 3 is 2.52 bits per heavy atom. The molecule has 0 saturated heterocycles. The lowest BCUT2D eigenvalue weighted by Gasteiger charge is -2.15. The Kier molecular flexibility index (Phi) is 8.06. The van der Waals surface area contributed by atoms with Crippen LogP contribution in [0.3, 0.4) is 0 Å². The highest BCUT2D eigenvalue weighted by molar-refractivity contribution is 7.21. The van der Waals surface area contributed by atoms with E-state index in [1.54, 1.807) is 33.3 Å². The van der Waals surface area contributed by atoms with Crippen molar-refractivity contribution in [2.24, 2.45) is 0 Å². The lowest BCUT2D eigenvalue weighted by Crippen LogP contribution is -2.25. The van der Waals surface area contributed by atoms with E-state index in [1.165, 1.54) is 41.8 Å². The van der Waals surface area contributed by atoms with Crippen LogP contribution in [0.2, 0.25) is 0 Å². The van der Waals surface area contributed by atoms with Gasteiger partial charge >= 0.3 is 6.09 Å².